The van der Waals surface area contributed by atoms with Gasteiger partial charge in [0.15, 0.2) is 0 Å². The Bertz CT molecular complexity index is 219. The molecule has 2 N–H and O–H groups in total. The zero-order valence-electron chi connectivity index (χ0n) is 12.2. The molecule has 4 nitrogen and oxygen atoms in total. The van der Waals surface area contributed by atoms with Crippen molar-refractivity contribution in [2.24, 2.45) is 5.92 Å². The predicted octanol–water partition coefficient (Wildman–Crippen LogP) is 2.10. The highest BCUT2D eigenvalue weighted by atomic mass is 16.5. The van der Waals surface area contributed by atoms with Crippen LogP contribution in [0.2, 0.25) is 0 Å². The molecule has 0 saturated heterocycles. The van der Waals surface area contributed by atoms with Crippen molar-refractivity contribution in [3.8, 4) is 0 Å². The molecule has 0 radical (unpaired) electrons. The second-order valence-corrected chi connectivity index (χ2v) is 5.32. The number of carbonyl (C=O) groups is 1. The first kappa shape index (κ1) is 17.4. The number of esters is 1. The average Bonchev–Trinajstić information content (AvgIpc) is 2.33. The highest BCUT2D eigenvalue weighted by Gasteiger charge is 2.08. The van der Waals surface area contributed by atoms with Crippen molar-refractivity contribution in [3.63, 3.8) is 0 Å². The maximum atomic E-state index is 11.3. The number of hydrogen-bond donors (Lipinski definition) is 2. The van der Waals surface area contributed by atoms with Gasteiger partial charge in [0, 0.05) is 12.6 Å². The van der Waals surface area contributed by atoms with Crippen LogP contribution < -0.4 is 5.32 Å². The van der Waals surface area contributed by atoms with Gasteiger partial charge in [0.25, 0.3) is 0 Å². The van der Waals surface area contributed by atoms with Gasteiger partial charge in [0.2, 0.25) is 0 Å². The molecule has 0 saturated carbocycles. The molecule has 0 aliphatic heterocycles. The summed E-state index contributed by atoms with van der Waals surface area (Å²) in [6.45, 7) is 9.16. The van der Waals surface area contributed by atoms with Crippen molar-refractivity contribution in [2.75, 3.05) is 13.2 Å². The van der Waals surface area contributed by atoms with E-state index in [-0.39, 0.29) is 12.6 Å². The van der Waals surface area contributed by atoms with Crippen molar-refractivity contribution >= 4 is 5.97 Å². The van der Waals surface area contributed by atoms with Crippen LogP contribution in [0.3, 0.4) is 0 Å². The molecule has 0 bridgehead atoms. The highest BCUT2D eigenvalue weighted by Crippen LogP contribution is 2.06. The van der Waals surface area contributed by atoms with Crippen molar-refractivity contribution < 1.29 is 14.6 Å². The van der Waals surface area contributed by atoms with Crippen molar-refractivity contribution in [3.05, 3.63) is 0 Å². The second kappa shape index (κ2) is 10.3. The third-order valence-electron chi connectivity index (χ3n) is 2.91. The van der Waals surface area contributed by atoms with Crippen LogP contribution >= 0.6 is 0 Å². The first-order valence-electron chi connectivity index (χ1n) is 7.02. The standard InChI is InChI=1S/C14H29NO3/c1-5-13(16)10-18-14(17)8-9-15-12(4)7-6-11(2)3/h11-13,15-16H,5-10H2,1-4H3. The lowest BCUT2D eigenvalue weighted by Gasteiger charge is -2.15. The topological polar surface area (TPSA) is 58.6 Å². The lowest BCUT2D eigenvalue weighted by Crippen LogP contribution is -2.29. The zero-order valence-corrected chi connectivity index (χ0v) is 12.2. The molecule has 2 atom stereocenters. The molecule has 0 heterocycles. The number of aliphatic hydroxyl groups excluding tert-OH is 1. The monoisotopic (exact) mass is 259 g/mol. The molecule has 0 spiro atoms. The first-order valence-corrected chi connectivity index (χ1v) is 7.02. The van der Waals surface area contributed by atoms with Gasteiger partial charge in [-0.15, -0.1) is 0 Å². The summed E-state index contributed by atoms with van der Waals surface area (Å²) in [7, 11) is 0. The van der Waals surface area contributed by atoms with E-state index in [1.807, 2.05) is 6.92 Å². The van der Waals surface area contributed by atoms with E-state index in [4.69, 9.17) is 4.74 Å². The van der Waals surface area contributed by atoms with Gasteiger partial charge in [-0.25, -0.2) is 0 Å². The Morgan fingerprint density at radius 2 is 1.94 bits per heavy atom. The van der Waals surface area contributed by atoms with Crippen LogP contribution in [0.1, 0.15) is 53.4 Å². The fraction of sp³-hybridized carbons (Fsp3) is 0.929. The molecule has 0 aromatic rings. The molecule has 0 aromatic heterocycles. The summed E-state index contributed by atoms with van der Waals surface area (Å²) < 4.78 is 4.95. The summed E-state index contributed by atoms with van der Waals surface area (Å²) in [4.78, 5) is 11.3. The van der Waals surface area contributed by atoms with Crippen LogP contribution in [0.15, 0.2) is 0 Å². The fourth-order valence-electron chi connectivity index (χ4n) is 1.49. The summed E-state index contributed by atoms with van der Waals surface area (Å²) in [5, 5.41) is 12.6. The van der Waals surface area contributed by atoms with Crippen molar-refractivity contribution in [2.45, 2.75) is 65.5 Å². The van der Waals surface area contributed by atoms with Crippen LogP contribution in [-0.2, 0) is 9.53 Å². The van der Waals surface area contributed by atoms with E-state index < -0.39 is 6.10 Å². The molecule has 0 rings (SSSR count). The van der Waals surface area contributed by atoms with Gasteiger partial charge in [0.1, 0.15) is 6.61 Å². The Hall–Kier alpha value is -0.610. The smallest absolute Gasteiger partial charge is 0.307 e. The van der Waals surface area contributed by atoms with Crippen molar-refractivity contribution in [1.29, 1.82) is 0 Å². The van der Waals surface area contributed by atoms with Gasteiger partial charge in [-0.3, -0.25) is 4.79 Å². The largest absolute Gasteiger partial charge is 0.463 e. The SMILES string of the molecule is CCC(O)COC(=O)CCNC(C)CCC(C)C. The summed E-state index contributed by atoms with van der Waals surface area (Å²) in [6, 6.07) is 0.432. The van der Waals surface area contributed by atoms with Crippen LogP contribution in [-0.4, -0.2) is 36.4 Å². The summed E-state index contributed by atoms with van der Waals surface area (Å²) in [6.07, 6.45) is 2.76. The third kappa shape index (κ3) is 10.5. The summed E-state index contributed by atoms with van der Waals surface area (Å²) in [5.41, 5.74) is 0. The van der Waals surface area contributed by atoms with Gasteiger partial charge < -0.3 is 15.2 Å². The van der Waals surface area contributed by atoms with Gasteiger partial charge in [-0.05, 0) is 32.1 Å². The predicted molar refractivity (Wildman–Crippen MR) is 73.4 cm³/mol. The number of hydrogen-bond acceptors (Lipinski definition) is 4. The Morgan fingerprint density at radius 1 is 1.28 bits per heavy atom. The quantitative estimate of drug-likeness (QED) is 0.590. The van der Waals surface area contributed by atoms with Gasteiger partial charge in [0.05, 0.1) is 12.5 Å². The molecular weight excluding hydrogens is 230 g/mol. The molecule has 2 unspecified atom stereocenters. The lowest BCUT2D eigenvalue weighted by molar-refractivity contribution is -0.146. The van der Waals surface area contributed by atoms with E-state index in [1.54, 1.807) is 0 Å². The molecule has 0 aliphatic rings. The Morgan fingerprint density at radius 3 is 2.50 bits per heavy atom. The molecule has 108 valence electrons. The molecule has 4 heteroatoms. The molecular formula is C14H29NO3. The number of aliphatic hydroxyl groups is 1. The zero-order chi connectivity index (χ0) is 14.0. The first-order chi connectivity index (χ1) is 8.45. The van der Waals surface area contributed by atoms with Crippen LogP contribution in [0.4, 0.5) is 0 Å². The Labute approximate surface area is 111 Å². The van der Waals surface area contributed by atoms with Crippen LogP contribution in [0.5, 0.6) is 0 Å². The molecule has 0 aromatic carbocycles. The summed E-state index contributed by atoms with van der Waals surface area (Å²) >= 11 is 0. The van der Waals surface area contributed by atoms with Gasteiger partial charge in [-0.1, -0.05) is 20.8 Å². The van der Waals surface area contributed by atoms with E-state index in [9.17, 15) is 9.90 Å². The molecule has 0 amide bonds. The molecule has 18 heavy (non-hydrogen) atoms. The number of rotatable bonds is 10. The lowest BCUT2D eigenvalue weighted by atomic mass is 10.0. The minimum absolute atomic E-state index is 0.109. The summed E-state index contributed by atoms with van der Waals surface area (Å²) in [5.74, 6) is 0.473. The Balaban J connectivity index is 3.49. The van der Waals surface area contributed by atoms with Crippen LogP contribution in [0.25, 0.3) is 0 Å². The van der Waals surface area contributed by atoms with Crippen LogP contribution in [0, 0.1) is 5.92 Å². The maximum Gasteiger partial charge on any atom is 0.307 e. The third-order valence-corrected chi connectivity index (χ3v) is 2.91. The van der Waals surface area contributed by atoms with E-state index in [0.717, 1.165) is 12.3 Å². The number of carbonyl (C=O) groups excluding carboxylic acids is 1. The maximum absolute atomic E-state index is 11.3. The second-order valence-electron chi connectivity index (χ2n) is 5.32. The normalized spacial score (nSPS) is 14.6. The van der Waals surface area contributed by atoms with Crippen molar-refractivity contribution in [1.82, 2.24) is 5.32 Å². The minimum atomic E-state index is -0.535. The number of nitrogens with one attached hydrogen (secondary N) is 1. The average molecular weight is 259 g/mol. The van der Waals surface area contributed by atoms with E-state index in [1.165, 1.54) is 6.42 Å². The number of ether oxygens (including phenoxy) is 1. The van der Waals surface area contributed by atoms with E-state index in [0.29, 0.717) is 25.4 Å². The molecule has 0 aliphatic carbocycles. The minimum Gasteiger partial charge on any atom is -0.463 e. The van der Waals surface area contributed by atoms with Gasteiger partial charge in [-0.2, -0.15) is 0 Å². The van der Waals surface area contributed by atoms with E-state index >= 15 is 0 Å². The van der Waals surface area contributed by atoms with Gasteiger partial charge >= 0.3 is 5.97 Å². The highest BCUT2D eigenvalue weighted by molar-refractivity contribution is 5.69. The molecule has 0 fully saturated rings. The Kier molecular flexibility index (Phi) is 9.98. The van der Waals surface area contributed by atoms with E-state index in [2.05, 4.69) is 26.1 Å². The fourth-order valence-corrected chi connectivity index (χ4v) is 1.49.